The fraction of sp³-hybridized carbons (Fsp3) is 0.467. The lowest BCUT2D eigenvalue weighted by Gasteiger charge is -2.22. The Morgan fingerprint density at radius 3 is 2.90 bits per heavy atom. The van der Waals surface area contributed by atoms with Crippen molar-refractivity contribution >= 4 is 29.3 Å². The van der Waals surface area contributed by atoms with E-state index in [-0.39, 0.29) is 24.9 Å². The minimum absolute atomic E-state index is 0.0240. The third-order valence-electron chi connectivity index (χ3n) is 3.64. The summed E-state index contributed by atoms with van der Waals surface area (Å²) >= 11 is 1.58. The number of likely N-dealkylation sites (tertiary alicyclic amines) is 1. The molecule has 0 aliphatic carbocycles. The molecule has 6 heteroatoms. The summed E-state index contributed by atoms with van der Waals surface area (Å²) in [5.41, 5.74) is 0.809. The third-order valence-corrected chi connectivity index (χ3v) is 4.43. The maximum Gasteiger partial charge on any atom is 0.304 e. The lowest BCUT2D eigenvalue weighted by Crippen LogP contribution is -2.37. The Balaban J connectivity index is 1.93. The van der Waals surface area contributed by atoms with Crippen molar-refractivity contribution in [3.63, 3.8) is 0 Å². The van der Waals surface area contributed by atoms with Crippen molar-refractivity contribution in [2.45, 2.75) is 30.2 Å². The first-order valence-corrected chi connectivity index (χ1v) is 8.21. The van der Waals surface area contributed by atoms with Crippen LogP contribution in [0.15, 0.2) is 29.2 Å². The molecule has 1 saturated heterocycles. The summed E-state index contributed by atoms with van der Waals surface area (Å²) in [6.07, 6.45) is 3.87. The molecular formula is C15H20N2O3S. The van der Waals surface area contributed by atoms with Gasteiger partial charge >= 0.3 is 5.97 Å². The van der Waals surface area contributed by atoms with Gasteiger partial charge in [0.1, 0.15) is 0 Å². The van der Waals surface area contributed by atoms with Gasteiger partial charge in [0.25, 0.3) is 0 Å². The molecule has 1 amide bonds. The average Bonchev–Trinajstić information content (AvgIpc) is 2.85. The minimum Gasteiger partial charge on any atom is -0.481 e. The molecule has 0 aromatic heterocycles. The molecule has 1 aliphatic rings. The molecule has 0 saturated carbocycles. The fourth-order valence-corrected chi connectivity index (χ4v) is 3.21. The van der Waals surface area contributed by atoms with Crippen molar-refractivity contribution in [2.24, 2.45) is 0 Å². The number of thioether (sulfide) groups is 1. The van der Waals surface area contributed by atoms with Crippen LogP contribution in [0.25, 0.3) is 0 Å². The Morgan fingerprint density at radius 1 is 1.43 bits per heavy atom. The summed E-state index contributed by atoms with van der Waals surface area (Å²) in [6, 6.07) is 7.64. The van der Waals surface area contributed by atoms with Crippen LogP contribution >= 0.6 is 11.8 Å². The monoisotopic (exact) mass is 308 g/mol. The van der Waals surface area contributed by atoms with Crippen molar-refractivity contribution < 1.29 is 14.7 Å². The maximum atomic E-state index is 12.2. The number of anilines is 1. The maximum absolute atomic E-state index is 12.2. The van der Waals surface area contributed by atoms with Crippen LogP contribution < -0.4 is 5.32 Å². The van der Waals surface area contributed by atoms with E-state index in [0.717, 1.165) is 30.0 Å². The van der Waals surface area contributed by atoms with Crippen molar-refractivity contribution in [1.82, 2.24) is 4.90 Å². The van der Waals surface area contributed by atoms with Gasteiger partial charge in [0.15, 0.2) is 0 Å². The number of hydrogen-bond donors (Lipinski definition) is 2. The molecule has 1 unspecified atom stereocenters. The van der Waals surface area contributed by atoms with Crippen molar-refractivity contribution in [2.75, 3.05) is 24.7 Å². The number of para-hydroxylation sites is 1. The summed E-state index contributed by atoms with van der Waals surface area (Å²) in [5.74, 6) is -0.895. The van der Waals surface area contributed by atoms with E-state index in [0.29, 0.717) is 0 Å². The van der Waals surface area contributed by atoms with E-state index in [9.17, 15) is 9.59 Å². The van der Waals surface area contributed by atoms with Gasteiger partial charge < -0.3 is 10.4 Å². The SMILES string of the molecule is CSc1ccccc1NC(=O)CN1CCCC1CC(=O)O. The van der Waals surface area contributed by atoms with Crippen LogP contribution in [0.4, 0.5) is 5.69 Å². The molecule has 0 radical (unpaired) electrons. The molecule has 114 valence electrons. The van der Waals surface area contributed by atoms with E-state index in [1.807, 2.05) is 35.4 Å². The second-order valence-corrected chi connectivity index (χ2v) is 5.96. The first kappa shape index (κ1) is 15.9. The van der Waals surface area contributed by atoms with E-state index < -0.39 is 5.97 Å². The van der Waals surface area contributed by atoms with Crippen LogP contribution in [0.2, 0.25) is 0 Å². The van der Waals surface area contributed by atoms with Gasteiger partial charge in [-0.25, -0.2) is 0 Å². The van der Waals surface area contributed by atoms with E-state index in [2.05, 4.69) is 5.32 Å². The highest BCUT2D eigenvalue weighted by atomic mass is 32.2. The predicted octanol–water partition coefficient (Wildman–Crippen LogP) is 2.29. The zero-order valence-corrected chi connectivity index (χ0v) is 12.9. The Morgan fingerprint density at radius 2 is 2.19 bits per heavy atom. The zero-order chi connectivity index (χ0) is 15.2. The minimum atomic E-state index is -0.806. The largest absolute Gasteiger partial charge is 0.481 e. The standard InChI is InChI=1S/C15H20N2O3S/c1-21-13-7-3-2-6-12(13)16-14(18)10-17-8-4-5-11(17)9-15(19)20/h2-3,6-7,11H,4-5,8-10H2,1H3,(H,16,18)(H,19,20). The van der Waals surface area contributed by atoms with Crippen molar-refractivity contribution in [1.29, 1.82) is 0 Å². The zero-order valence-electron chi connectivity index (χ0n) is 12.0. The van der Waals surface area contributed by atoms with E-state index in [1.165, 1.54) is 0 Å². The van der Waals surface area contributed by atoms with E-state index in [1.54, 1.807) is 11.8 Å². The van der Waals surface area contributed by atoms with Crippen LogP contribution in [0.1, 0.15) is 19.3 Å². The van der Waals surface area contributed by atoms with Crippen LogP contribution in [0.3, 0.4) is 0 Å². The summed E-state index contributed by atoms with van der Waals surface area (Å²) < 4.78 is 0. The van der Waals surface area contributed by atoms with Crippen molar-refractivity contribution in [3.8, 4) is 0 Å². The molecule has 1 atom stereocenters. The van der Waals surface area contributed by atoms with Crippen molar-refractivity contribution in [3.05, 3.63) is 24.3 Å². The summed E-state index contributed by atoms with van der Waals surface area (Å²) in [7, 11) is 0. The lowest BCUT2D eigenvalue weighted by molar-refractivity contribution is -0.138. The van der Waals surface area contributed by atoms with Crippen LogP contribution in [0.5, 0.6) is 0 Å². The van der Waals surface area contributed by atoms with Crippen LogP contribution in [-0.2, 0) is 9.59 Å². The number of carboxylic acid groups (broad SMARTS) is 1. The summed E-state index contributed by atoms with van der Waals surface area (Å²) in [6.45, 7) is 1.04. The second-order valence-electron chi connectivity index (χ2n) is 5.11. The molecule has 1 aromatic carbocycles. The van der Waals surface area contributed by atoms with Gasteiger partial charge in [-0.05, 0) is 37.8 Å². The second kappa shape index (κ2) is 7.47. The van der Waals surface area contributed by atoms with Gasteiger partial charge in [-0.15, -0.1) is 11.8 Å². The quantitative estimate of drug-likeness (QED) is 0.789. The number of rotatable bonds is 6. The number of nitrogens with zero attached hydrogens (tertiary/aromatic N) is 1. The Labute approximate surface area is 128 Å². The molecule has 21 heavy (non-hydrogen) atoms. The van der Waals surface area contributed by atoms with Gasteiger partial charge in [0, 0.05) is 10.9 Å². The Bertz CT molecular complexity index is 521. The van der Waals surface area contributed by atoms with E-state index in [4.69, 9.17) is 5.11 Å². The number of nitrogens with one attached hydrogen (secondary N) is 1. The first-order chi connectivity index (χ1) is 10.1. The number of aliphatic carboxylic acids is 1. The fourth-order valence-electron chi connectivity index (χ4n) is 2.66. The molecule has 1 heterocycles. The molecule has 2 N–H and O–H groups in total. The van der Waals surface area contributed by atoms with Crippen LogP contribution in [0, 0.1) is 0 Å². The number of amides is 1. The molecule has 0 spiro atoms. The van der Waals surface area contributed by atoms with Gasteiger partial charge in [-0.3, -0.25) is 14.5 Å². The van der Waals surface area contributed by atoms with Crippen LogP contribution in [-0.4, -0.2) is 47.3 Å². The normalized spacial score (nSPS) is 18.6. The Hall–Kier alpha value is -1.53. The van der Waals surface area contributed by atoms with E-state index >= 15 is 0 Å². The molecule has 1 fully saturated rings. The Kier molecular flexibility index (Phi) is 5.64. The molecule has 2 rings (SSSR count). The topological polar surface area (TPSA) is 69.6 Å². The van der Waals surface area contributed by atoms with Gasteiger partial charge in [-0.1, -0.05) is 12.1 Å². The number of carbonyl (C=O) groups excluding carboxylic acids is 1. The summed E-state index contributed by atoms with van der Waals surface area (Å²) in [4.78, 5) is 26.0. The highest BCUT2D eigenvalue weighted by Crippen LogP contribution is 2.25. The smallest absolute Gasteiger partial charge is 0.304 e. The van der Waals surface area contributed by atoms with Gasteiger partial charge in [0.05, 0.1) is 18.7 Å². The number of benzene rings is 1. The number of carboxylic acids is 1. The summed E-state index contributed by atoms with van der Waals surface area (Å²) in [5, 5.41) is 11.8. The predicted molar refractivity (Wildman–Crippen MR) is 83.7 cm³/mol. The van der Waals surface area contributed by atoms with Gasteiger partial charge in [0.2, 0.25) is 5.91 Å². The molecule has 1 aliphatic heterocycles. The number of carbonyl (C=O) groups is 2. The number of hydrogen-bond acceptors (Lipinski definition) is 4. The highest BCUT2D eigenvalue weighted by Gasteiger charge is 2.28. The van der Waals surface area contributed by atoms with Gasteiger partial charge in [-0.2, -0.15) is 0 Å². The molecule has 0 bridgehead atoms. The lowest BCUT2D eigenvalue weighted by atomic mass is 10.1. The average molecular weight is 308 g/mol. The molecule has 5 nitrogen and oxygen atoms in total. The third kappa shape index (κ3) is 4.47. The molecular weight excluding hydrogens is 288 g/mol. The highest BCUT2D eigenvalue weighted by molar-refractivity contribution is 7.98. The first-order valence-electron chi connectivity index (χ1n) is 6.99. The molecule has 1 aromatic rings.